The van der Waals surface area contributed by atoms with Crippen molar-refractivity contribution in [1.82, 2.24) is 0 Å². The molecule has 0 N–H and O–H groups in total. The number of hydrogen-bond donors (Lipinski definition) is 0. The van der Waals surface area contributed by atoms with Crippen LogP contribution in [-0.4, -0.2) is 35.7 Å². The Bertz CT molecular complexity index is 668. The van der Waals surface area contributed by atoms with Gasteiger partial charge in [0.05, 0.1) is 6.61 Å². The first-order chi connectivity index (χ1) is 12.4. The van der Waals surface area contributed by atoms with Gasteiger partial charge in [0.1, 0.15) is 11.7 Å². The summed E-state index contributed by atoms with van der Waals surface area (Å²) in [6, 6.07) is 9.82. The topological polar surface area (TPSA) is 54.0 Å². The van der Waals surface area contributed by atoms with Crippen molar-refractivity contribution >= 4 is 5.78 Å². The Morgan fingerprint density at radius 1 is 1.23 bits per heavy atom. The van der Waals surface area contributed by atoms with E-state index in [0.717, 1.165) is 5.56 Å². The van der Waals surface area contributed by atoms with Crippen LogP contribution in [0.4, 0.5) is 0 Å². The number of carbonyl (C=O) groups is 1. The molecule has 3 rings (SSSR count). The van der Waals surface area contributed by atoms with E-state index in [2.05, 4.69) is 13.2 Å². The second-order valence-electron chi connectivity index (χ2n) is 7.10. The average molecular weight is 358 g/mol. The molecule has 1 aromatic carbocycles. The fourth-order valence-electron chi connectivity index (χ4n) is 3.60. The molecule has 1 aromatic rings. The quantitative estimate of drug-likeness (QED) is 0.525. The van der Waals surface area contributed by atoms with E-state index in [1.54, 1.807) is 6.08 Å². The van der Waals surface area contributed by atoms with Crippen LogP contribution >= 0.6 is 0 Å². The molecule has 0 spiro atoms. The number of benzene rings is 1. The number of ketones is 1. The molecule has 2 aliphatic heterocycles. The highest BCUT2D eigenvalue weighted by molar-refractivity contribution is 5.94. The van der Waals surface area contributed by atoms with Crippen LogP contribution in [0, 0.1) is 0 Å². The maximum Gasteiger partial charge on any atom is 0.191 e. The summed E-state index contributed by atoms with van der Waals surface area (Å²) in [4.78, 5) is 12.5. The summed E-state index contributed by atoms with van der Waals surface area (Å²) in [6.07, 6.45) is 2.28. The molecule has 2 fully saturated rings. The van der Waals surface area contributed by atoms with Gasteiger partial charge in [0, 0.05) is 0 Å². The van der Waals surface area contributed by atoms with Crippen molar-refractivity contribution < 1.29 is 23.7 Å². The number of rotatable bonds is 8. The lowest BCUT2D eigenvalue weighted by Gasteiger charge is -2.37. The number of allylic oxidation sites excluding steroid dienone is 1. The van der Waals surface area contributed by atoms with Crippen LogP contribution in [0.25, 0.3) is 0 Å². The number of ether oxygens (including phenoxy) is 4. The van der Waals surface area contributed by atoms with Crippen LogP contribution in [0.3, 0.4) is 0 Å². The molecular formula is C21H26O5. The highest BCUT2D eigenvalue weighted by Crippen LogP contribution is 2.48. The summed E-state index contributed by atoms with van der Waals surface area (Å²) in [5, 5.41) is 0. The second kappa shape index (κ2) is 7.45. The number of hydrogen-bond acceptors (Lipinski definition) is 5. The lowest BCUT2D eigenvalue weighted by molar-refractivity contribution is -0.236. The van der Waals surface area contributed by atoms with Gasteiger partial charge in [-0.15, -0.1) is 6.58 Å². The molecule has 0 amide bonds. The minimum Gasteiger partial charge on any atom is -0.364 e. The van der Waals surface area contributed by atoms with Gasteiger partial charge in [-0.2, -0.15) is 0 Å². The minimum atomic E-state index is -0.965. The monoisotopic (exact) mass is 358 g/mol. The Hall–Kier alpha value is -1.79. The van der Waals surface area contributed by atoms with Crippen molar-refractivity contribution in [3.63, 3.8) is 0 Å². The molecule has 5 heteroatoms. The molecule has 0 radical (unpaired) electrons. The Labute approximate surface area is 154 Å². The normalized spacial score (nSPS) is 32.2. The predicted molar refractivity (Wildman–Crippen MR) is 97.3 cm³/mol. The average Bonchev–Trinajstić information content (AvgIpc) is 3.09. The van der Waals surface area contributed by atoms with E-state index in [1.165, 1.54) is 6.08 Å². The van der Waals surface area contributed by atoms with Crippen LogP contribution in [0.1, 0.15) is 32.3 Å². The standard InChI is InChI=1S/C21H26O5/c1-5-7-13-21(23-14-15-11-9-8-10-12-15)17(16(22)6-2)24-19-18(21)25-20(3,4)26-19/h5-6,8-12,17-19H,1-2,7,13-14H2,3-4H3/t17-,18+,19-,21-/m1/s1. The van der Waals surface area contributed by atoms with E-state index in [9.17, 15) is 4.79 Å². The van der Waals surface area contributed by atoms with Crippen LogP contribution in [0.5, 0.6) is 0 Å². The third-order valence-corrected chi connectivity index (χ3v) is 4.80. The van der Waals surface area contributed by atoms with Gasteiger partial charge in [0.25, 0.3) is 0 Å². The molecule has 0 saturated carbocycles. The van der Waals surface area contributed by atoms with Gasteiger partial charge in [0.2, 0.25) is 0 Å². The Kier molecular flexibility index (Phi) is 5.44. The number of fused-ring (bicyclic) bond motifs is 1. The highest BCUT2D eigenvalue weighted by Gasteiger charge is 2.65. The molecule has 2 heterocycles. The summed E-state index contributed by atoms with van der Waals surface area (Å²) in [5.41, 5.74) is 0.0465. The molecule has 26 heavy (non-hydrogen) atoms. The Morgan fingerprint density at radius 3 is 2.62 bits per heavy atom. The zero-order chi connectivity index (χ0) is 18.8. The fourth-order valence-corrected chi connectivity index (χ4v) is 3.60. The maximum absolute atomic E-state index is 12.5. The third-order valence-electron chi connectivity index (χ3n) is 4.80. The van der Waals surface area contributed by atoms with Crippen molar-refractivity contribution in [2.45, 2.75) is 63.2 Å². The van der Waals surface area contributed by atoms with E-state index in [1.807, 2.05) is 44.2 Å². The van der Waals surface area contributed by atoms with E-state index in [0.29, 0.717) is 19.4 Å². The summed E-state index contributed by atoms with van der Waals surface area (Å²) >= 11 is 0. The molecule has 2 aliphatic rings. The lowest BCUT2D eigenvalue weighted by Crippen LogP contribution is -2.53. The molecule has 2 saturated heterocycles. The first-order valence-electron chi connectivity index (χ1n) is 8.88. The van der Waals surface area contributed by atoms with E-state index in [-0.39, 0.29) is 5.78 Å². The zero-order valence-corrected chi connectivity index (χ0v) is 15.4. The van der Waals surface area contributed by atoms with Gasteiger partial charge < -0.3 is 18.9 Å². The predicted octanol–water partition coefficient (Wildman–Crippen LogP) is 3.54. The largest absolute Gasteiger partial charge is 0.364 e. The fraction of sp³-hybridized carbons (Fsp3) is 0.476. The van der Waals surface area contributed by atoms with Gasteiger partial charge in [0.15, 0.2) is 24.0 Å². The first-order valence-corrected chi connectivity index (χ1v) is 8.88. The summed E-state index contributed by atoms with van der Waals surface area (Å²) in [5.74, 6) is -1.03. The third kappa shape index (κ3) is 3.53. The van der Waals surface area contributed by atoms with Gasteiger partial charge >= 0.3 is 0 Å². The van der Waals surface area contributed by atoms with Crippen molar-refractivity contribution in [3.8, 4) is 0 Å². The van der Waals surface area contributed by atoms with Crippen molar-refractivity contribution in [2.75, 3.05) is 0 Å². The molecular weight excluding hydrogens is 332 g/mol. The van der Waals surface area contributed by atoms with Gasteiger partial charge in [-0.1, -0.05) is 43.0 Å². The Balaban J connectivity index is 1.93. The van der Waals surface area contributed by atoms with Gasteiger partial charge in [-0.25, -0.2) is 0 Å². The van der Waals surface area contributed by atoms with E-state index >= 15 is 0 Å². The molecule has 0 aromatic heterocycles. The van der Waals surface area contributed by atoms with Gasteiger partial charge in [-0.05, 0) is 38.3 Å². The van der Waals surface area contributed by atoms with Crippen LogP contribution < -0.4 is 0 Å². The van der Waals surface area contributed by atoms with Crippen molar-refractivity contribution in [3.05, 3.63) is 61.2 Å². The van der Waals surface area contributed by atoms with Gasteiger partial charge in [-0.3, -0.25) is 4.79 Å². The Morgan fingerprint density at radius 2 is 1.96 bits per heavy atom. The summed E-state index contributed by atoms with van der Waals surface area (Å²) in [6.45, 7) is 11.4. The van der Waals surface area contributed by atoms with E-state index in [4.69, 9.17) is 18.9 Å². The maximum atomic E-state index is 12.5. The first kappa shape index (κ1) is 19.0. The van der Waals surface area contributed by atoms with E-state index < -0.39 is 29.9 Å². The number of carbonyl (C=O) groups excluding carboxylic acids is 1. The molecule has 140 valence electrons. The summed E-state index contributed by atoms with van der Waals surface area (Å²) in [7, 11) is 0. The lowest BCUT2D eigenvalue weighted by atomic mass is 9.85. The highest BCUT2D eigenvalue weighted by atomic mass is 16.8. The van der Waals surface area contributed by atoms with Crippen LogP contribution in [0.2, 0.25) is 0 Å². The minimum absolute atomic E-state index is 0.235. The van der Waals surface area contributed by atoms with Crippen molar-refractivity contribution in [1.29, 1.82) is 0 Å². The summed E-state index contributed by atoms with van der Waals surface area (Å²) < 4.78 is 24.3. The van der Waals surface area contributed by atoms with Crippen LogP contribution in [-0.2, 0) is 30.3 Å². The van der Waals surface area contributed by atoms with Crippen LogP contribution in [0.15, 0.2) is 55.6 Å². The molecule has 5 nitrogen and oxygen atoms in total. The molecule has 4 atom stereocenters. The zero-order valence-electron chi connectivity index (χ0n) is 15.4. The van der Waals surface area contributed by atoms with Crippen molar-refractivity contribution in [2.24, 2.45) is 0 Å². The molecule has 0 unspecified atom stereocenters. The second-order valence-corrected chi connectivity index (χ2v) is 7.10. The molecule has 0 bridgehead atoms. The SMILES string of the molecule is C=CCC[C@@]1(OCc2ccccc2)[C@@H](C(=O)C=C)O[C@@H]2OC(C)(C)O[C@@H]21. The smallest absolute Gasteiger partial charge is 0.191 e. The molecule has 0 aliphatic carbocycles.